The lowest BCUT2D eigenvalue weighted by molar-refractivity contribution is 0.0526. The van der Waals surface area contributed by atoms with Crippen LogP contribution in [0.15, 0.2) is 42.6 Å². The Hall–Kier alpha value is -2.36. The number of hydrogen-bond donors (Lipinski definition) is 0. The van der Waals surface area contributed by atoms with E-state index in [-0.39, 0.29) is 18.2 Å². The van der Waals surface area contributed by atoms with Crippen molar-refractivity contribution in [2.75, 3.05) is 6.61 Å². The maximum absolute atomic E-state index is 12.2. The van der Waals surface area contributed by atoms with E-state index in [4.69, 9.17) is 4.74 Å². The van der Waals surface area contributed by atoms with E-state index in [9.17, 15) is 9.59 Å². The summed E-state index contributed by atoms with van der Waals surface area (Å²) in [6, 6.07) is 10.6. The summed E-state index contributed by atoms with van der Waals surface area (Å²) < 4.78 is 6.74. The van der Waals surface area contributed by atoms with Crippen molar-refractivity contribution < 1.29 is 14.3 Å². The molecule has 4 heteroatoms. The lowest BCUT2D eigenvalue weighted by atomic mass is 10.0. The largest absolute Gasteiger partial charge is 0.462 e. The summed E-state index contributed by atoms with van der Waals surface area (Å²) in [5.41, 5.74) is 1.94. The molecule has 0 radical (unpaired) electrons. The smallest absolute Gasteiger partial charge is 0.338 e. The Morgan fingerprint density at radius 2 is 2.00 bits per heavy atom. The van der Waals surface area contributed by atoms with Crippen LogP contribution in [0.5, 0.6) is 0 Å². The monoisotopic (exact) mass is 271 g/mol. The van der Waals surface area contributed by atoms with Gasteiger partial charge < -0.3 is 9.30 Å². The van der Waals surface area contributed by atoms with Gasteiger partial charge in [0.15, 0.2) is 5.78 Å². The maximum atomic E-state index is 12.2. The highest BCUT2D eigenvalue weighted by atomic mass is 16.5. The van der Waals surface area contributed by atoms with Gasteiger partial charge in [-0.3, -0.25) is 4.79 Å². The van der Waals surface area contributed by atoms with E-state index in [1.165, 1.54) is 0 Å². The van der Waals surface area contributed by atoms with E-state index < -0.39 is 0 Å². The Balaban J connectivity index is 2.14. The molecule has 0 aliphatic carbocycles. The number of ether oxygens (including phenoxy) is 1. The quantitative estimate of drug-likeness (QED) is 0.620. The number of esters is 1. The van der Waals surface area contributed by atoms with Gasteiger partial charge in [0.05, 0.1) is 17.9 Å². The van der Waals surface area contributed by atoms with Crippen molar-refractivity contribution in [2.24, 2.45) is 7.05 Å². The van der Waals surface area contributed by atoms with Crippen LogP contribution in [0, 0.1) is 0 Å². The zero-order valence-electron chi connectivity index (χ0n) is 11.6. The normalized spacial score (nSPS) is 10.3. The summed E-state index contributed by atoms with van der Waals surface area (Å²) in [4.78, 5) is 23.8. The van der Waals surface area contributed by atoms with Gasteiger partial charge in [-0.15, -0.1) is 0 Å². The molecule has 0 saturated carbocycles. The summed E-state index contributed by atoms with van der Waals surface area (Å²) >= 11 is 0. The van der Waals surface area contributed by atoms with Gasteiger partial charge in [0, 0.05) is 19.7 Å². The van der Waals surface area contributed by atoms with E-state index >= 15 is 0 Å². The Morgan fingerprint density at radius 3 is 2.65 bits per heavy atom. The molecule has 0 aliphatic heterocycles. The number of nitrogens with zero attached hydrogens (tertiary/aromatic N) is 1. The van der Waals surface area contributed by atoms with Crippen molar-refractivity contribution in [3.8, 4) is 0 Å². The molecule has 0 bridgehead atoms. The van der Waals surface area contributed by atoms with E-state index in [2.05, 4.69) is 0 Å². The molecule has 0 spiro atoms. The van der Waals surface area contributed by atoms with Crippen molar-refractivity contribution >= 4 is 11.8 Å². The predicted octanol–water partition coefficient (Wildman–Crippen LogP) is 2.63. The van der Waals surface area contributed by atoms with E-state index in [0.29, 0.717) is 17.9 Å². The lowest BCUT2D eigenvalue weighted by Gasteiger charge is -2.05. The van der Waals surface area contributed by atoms with Crippen molar-refractivity contribution in [3.63, 3.8) is 0 Å². The number of Topliss-reactive ketones (excluding diaryl/α,β-unsaturated/α-hetero) is 1. The van der Waals surface area contributed by atoms with Gasteiger partial charge in [0.25, 0.3) is 0 Å². The van der Waals surface area contributed by atoms with Crippen LogP contribution in [0.1, 0.15) is 33.3 Å². The van der Waals surface area contributed by atoms with Gasteiger partial charge in [-0.1, -0.05) is 12.1 Å². The number of hydrogen-bond acceptors (Lipinski definition) is 3. The summed E-state index contributed by atoms with van der Waals surface area (Å²) in [6.07, 6.45) is 2.10. The van der Waals surface area contributed by atoms with Crippen LogP contribution in [0.25, 0.3) is 0 Å². The van der Waals surface area contributed by atoms with Crippen LogP contribution in [0.4, 0.5) is 0 Å². The second kappa shape index (κ2) is 6.19. The average Bonchev–Trinajstić information content (AvgIpc) is 2.85. The number of rotatable bonds is 5. The molecule has 0 amide bonds. The maximum Gasteiger partial charge on any atom is 0.338 e. The van der Waals surface area contributed by atoms with Crippen molar-refractivity contribution in [3.05, 3.63) is 59.4 Å². The summed E-state index contributed by atoms with van der Waals surface area (Å²) in [5, 5.41) is 0. The molecule has 0 unspecified atom stereocenters. The van der Waals surface area contributed by atoms with Gasteiger partial charge in [-0.25, -0.2) is 4.79 Å². The van der Waals surface area contributed by atoms with Crippen LogP contribution in [0.3, 0.4) is 0 Å². The summed E-state index contributed by atoms with van der Waals surface area (Å²) in [5.74, 6) is -0.334. The molecule has 0 fully saturated rings. The average molecular weight is 271 g/mol. The first-order valence-electron chi connectivity index (χ1n) is 6.52. The molecule has 2 aromatic rings. The van der Waals surface area contributed by atoms with Gasteiger partial charge in [0.2, 0.25) is 0 Å². The molecule has 1 aromatic carbocycles. The fourth-order valence-electron chi connectivity index (χ4n) is 2.05. The molecule has 1 heterocycles. The molecule has 0 saturated heterocycles. The highest BCUT2D eigenvalue weighted by Gasteiger charge is 2.12. The second-order valence-corrected chi connectivity index (χ2v) is 4.53. The molecule has 20 heavy (non-hydrogen) atoms. The first-order chi connectivity index (χ1) is 9.61. The Labute approximate surface area is 118 Å². The van der Waals surface area contributed by atoms with Crippen LogP contribution < -0.4 is 0 Å². The van der Waals surface area contributed by atoms with Gasteiger partial charge in [-0.2, -0.15) is 0 Å². The molecule has 1 aromatic heterocycles. The Morgan fingerprint density at radius 1 is 1.20 bits per heavy atom. The Bertz CT molecular complexity index is 628. The molecule has 0 N–H and O–H groups in total. The number of benzene rings is 1. The van der Waals surface area contributed by atoms with E-state index in [1.807, 2.05) is 25.4 Å². The highest BCUT2D eigenvalue weighted by molar-refractivity contribution is 5.96. The van der Waals surface area contributed by atoms with E-state index in [0.717, 1.165) is 5.56 Å². The van der Waals surface area contributed by atoms with Crippen molar-refractivity contribution in [1.29, 1.82) is 0 Å². The number of aryl methyl sites for hydroxylation is 1. The van der Waals surface area contributed by atoms with Gasteiger partial charge in [0.1, 0.15) is 0 Å². The van der Waals surface area contributed by atoms with Crippen LogP contribution in [-0.4, -0.2) is 22.9 Å². The number of aromatic nitrogens is 1. The van der Waals surface area contributed by atoms with Crippen LogP contribution >= 0.6 is 0 Å². The zero-order valence-corrected chi connectivity index (χ0v) is 11.6. The fraction of sp³-hybridized carbons (Fsp3) is 0.250. The summed E-state index contributed by atoms with van der Waals surface area (Å²) in [6.45, 7) is 2.10. The molecule has 0 atom stereocenters. The van der Waals surface area contributed by atoms with Crippen molar-refractivity contribution in [2.45, 2.75) is 13.3 Å². The standard InChI is InChI=1S/C16H17NO3/c1-3-20-16(19)13-7-4-6-12(10-13)11-15(18)14-8-5-9-17(14)2/h4-10H,3,11H2,1-2H3. The van der Waals surface area contributed by atoms with Crippen molar-refractivity contribution in [1.82, 2.24) is 4.57 Å². The molecule has 2 rings (SSSR count). The van der Waals surface area contributed by atoms with Gasteiger partial charge in [-0.05, 0) is 36.8 Å². The topological polar surface area (TPSA) is 48.3 Å². The third-order valence-electron chi connectivity index (χ3n) is 3.03. The summed E-state index contributed by atoms with van der Waals surface area (Å²) in [7, 11) is 1.84. The van der Waals surface area contributed by atoms with E-state index in [1.54, 1.807) is 35.8 Å². The zero-order chi connectivity index (χ0) is 14.5. The number of ketones is 1. The molecule has 0 aliphatic rings. The number of carbonyl (C=O) groups is 2. The third-order valence-corrected chi connectivity index (χ3v) is 3.03. The minimum atomic E-state index is -0.360. The molecular formula is C16H17NO3. The molecule has 4 nitrogen and oxygen atoms in total. The minimum absolute atomic E-state index is 0.0264. The first kappa shape index (κ1) is 14.1. The number of carbonyl (C=O) groups excluding carboxylic acids is 2. The van der Waals surface area contributed by atoms with Gasteiger partial charge >= 0.3 is 5.97 Å². The fourth-order valence-corrected chi connectivity index (χ4v) is 2.05. The minimum Gasteiger partial charge on any atom is -0.462 e. The lowest BCUT2D eigenvalue weighted by Crippen LogP contribution is -2.10. The third kappa shape index (κ3) is 3.15. The predicted molar refractivity (Wildman–Crippen MR) is 75.8 cm³/mol. The first-order valence-corrected chi connectivity index (χ1v) is 6.52. The Kier molecular flexibility index (Phi) is 4.35. The second-order valence-electron chi connectivity index (χ2n) is 4.53. The van der Waals surface area contributed by atoms with Crippen LogP contribution in [-0.2, 0) is 18.2 Å². The SMILES string of the molecule is CCOC(=O)c1cccc(CC(=O)c2cccn2C)c1. The molecular weight excluding hydrogens is 254 g/mol. The molecule has 104 valence electrons. The van der Waals surface area contributed by atoms with Crippen LogP contribution in [0.2, 0.25) is 0 Å². The highest BCUT2D eigenvalue weighted by Crippen LogP contribution is 2.11.